The van der Waals surface area contributed by atoms with Gasteiger partial charge in [0.1, 0.15) is 17.3 Å². The van der Waals surface area contributed by atoms with Gasteiger partial charge in [-0.25, -0.2) is 9.97 Å². The first-order valence-corrected chi connectivity index (χ1v) is 6.30. The zero-order valence-corrected chi connectivity index (χ0v) is 10.7. The largest absolute Gasteiger partial charge is 0.356 e. The van der Waals surface area contributed by atoms with Crippen LogP contribution in [0.1, 0.15) is 36.5 Å². The summed E-state index contributed by atoms with van der Waals surface area (Å²) in [5.74, 6) is 1.41. The van der Waals surface area contributed by atoms with Crippen LogP contribution in [0.4, 0.5) is 5.82 Å². The molecule has 5 heteroatoms. The summed E-state index contributed by atoms with van der Waals surface area (Å²) >= 11 is 5.91. The Kier molecular flexibility index (Phi) is 3.94. The quantitative estimate of drug-likeness (QED) is 0.600. The Labute approximate surface area is 106 Å². The van der Waals surface area contributed by atoms with Crippen molar-refractivity contribution in [3.63, 3.8) is 0 Å². The molecule has 0 bridgehead atoms. The number of aldehydes is 1. The third-order valence-electron chi connectivity index (χ3n) is 3.25. The van der Waals surface area contributed by atoms with Crippen LogP contribution in [0.25, 0.3) is 0 Å². The molecule has 0 radical (unpaired) electrons. The topological polar surface area (TPSA) is 46.1 Å². The van der Waals surface area contributed by atoms with Crippen LogP contribution in [0.2, 0.25) is 5.15 Å². The second-order valence-electron chi connectivity index (χ2n) is 4.54. The molecule has 1 fully saturated rings. The Morgan fingerprint density at radius 3 is 3.00 bits per heavy atom. The summed E-state index contributed by atoms with van der Waals surface area (Å²) in [7, 11) is 0. The van der Waals surface area contributed by atoms with E-state index >= 15 is 0 Å². The molecule has 1 saturated heterocycles. The summed E-state index contributed by atoms with van der Waals surface area (Å²) in [6.45, 7) is 4.12. The van der Waals surface area contributed by atoms with Crippen LogP contribution in [-0.4, -0.2) is 29.3 Å². The molecule has 1 aliphatic rings. The van der Waals surface area contributed by atoms with E-state index in [9.17, 15) is 4.79 Å². The van der Waals surface area contributed by atoms with E-state index in [1.807, 2.05) is 0 Å². The van der Waals surface area contributed by atoms with E-state index in [1.165, 1.54) is 12.7 Å². The first-order chi connectivity index (χ1) is 8.22. The number of halogens is 1. The highest BCUT2D eigenvalue weighted by molar-refractivity contribution is 6.32. The van der Waals surface area contributed by atoms with Gasteiger partial charge in [0.25, 0.3) is 0 Å². The van der Waals surface area contributed by atoms with E-state index < -0.39 is 0 Å². The lowest BCUT2D eigenvalue weighted by Crippen LogP contribution is -2.26. The number of rotatable bonds is 2. The Morgan fingerprint density at radius 1 is 1.41 bits per heavy atom. The van der Waals surface area contributed by atoms with Crippen molar-refractivity contribution in [3.8, 4) is 0 Å². The minimum Gasteiger partial charge on any atom is -0.356 e. The van der Waals surface area contributed by atoms with Crippen LogP contribution in [0.5, 0.6) is 0 Å². The van der Waals surface area contributed by atoms with Crippen molar-refractivity contribution >= 4 is 23.7 Å². The zero-order chi connectivity index (χ0) is 12.3. The van der Waals surface area contributed by atoms with Gasteiger partial charge in [0, 0.05) is 13.1 Å². The van der Waals surface area contributed by atoms with Gasteiger partial charge in [-0.05, 0) is 25.2 Å². The minimum absolute atomic E-state index is 0.238. The maximum Gasteiger partial charge on any atom is 0.156 e. The van der Waals surface area contributed by atoms with E-state index in [-0.39, 0.29) is 5.15 Å². The number of carbonyl (C=O) groups is 1. The fourth-order valence-corrected chi connectivity index (χ4v) is 2.37. The molecule has 1 unspecified atom stereocenters. The Hall–Kier alpha value is -1.16. The molecule has 0 aromatic carbocycles. The molecule has 1 atom stereocenters. The minimum atomic E-state index is 0.238. The predicted octanol–water partition coefficient (Wildman–Crippen LogP) is 2.57. The van der Waals surface area contributed by atoms with E-state index in [2.05, 4.69) is 21.8 Å². The molecule has 1 aromatic rings. The van der Waals surface area contributed by atoms with Crippen molar-refractivity contribution in [2.24, 2.45) is 5.92 Å². The molecule has 0 spiro atoms. The van der Waals surface area contributed by atoms with Crippen molar-refractivity contribution in [2.75, 3.05) is 18.0 Å². The molecule has 2 heterocycles. The highest BCUT2D eigenvalue weighted by atomic mass is 35.5. The van der Waals surface area contributed by atoms with Crippen LogP contribution in [-0.2, 0) is 0 Å². The summed E-state index contributed by atoms with van der Waals surface area (Å²) in [5.41, 5.74) is 0.406. The highest BCUT2D eigenvalue weighted by Gasteiger charge is 2.19. The maximum absolute atomic E-state index is 11.0. The number of hydrogen-bond acceptors (Lipinski definition) is 4. The molecule has 2 rings (SSSR count). The van der Waals surface area contributed by atoms with Gasteiger partial charge in [-0.15, -0.1) is 0 Å². The molecule has 0 aliphatic carbocycles. The summed E-state index contributed by atoms with van der Waals surface area (Å²) in [6, 6.07) is 0. The lowest BCUT2D eigenvalue weighted by Gasteiger charge is -2.22. The van der Waals surface area contributed by atoms with Gasteiger partial charge in [-0.2, -0.15) is 0 Å². The van der Waals surface area contributed by atoms with E-state index in [1.54, 1.807) is 0 Å². The van der Waals surface area contributed by atoms with Crippen molar-refractivity contribution < 1.29 is 4.79 Å². The summed E-state index contributed by atoms with van der Waals surface area (Å²) < 4.78 is 0. The predicted molar refractivity (Wildman–Crippen MR) is 67.7 cm³/mol. The Bertz CT molecular complexity index is 411. The van der Waals surface area contributed by atoms with E-state index in [0.29, 0.717) is 11.4 Å². The average Bonchev–Trinajstić information content (AvgIpc) is 2.54. The normalized spacial score (nSPS) is 21.1. The lowest BCUT2D eigenvalue weighted by atomic mass is 10.0. The SMILES string of the molecule is CC1CCCN(c2ncnc(Cl)c2C=O)CC1. The third kappa shape index (κ3) is 2.75. The number of aromatic nitrogens is 2. The van der Waals surface area contributed by atoms with Crippen molar-refractivity contribution in [2.45, 2.75) is 26.2 Å². The first kappa shape index (κ1) is 12.3. The van der Waals surface area contributed by atoms with Gasteiger partial charge in [0.15, 0.2) is 6.29 Å². The second kappa shape index (κ2) is 5.45. The van der Waals surface area contributed by atoms with Gasteiger partial charge in [0.2, 0.25) is 0 Å². The van der Waals surface area contributed by atoms with Crippen LogP contribution < -0.4 is 4.90 Å². The first-order valence-electron chi connectivity index (χ1n) is 5.93. The molecule has 0 amide bonds. The third-order valence-corrected chi connectivity index (χ3v) is 3.55. The lowest BCUT2D eigenvalue weighted by molar-refractivity contribution is 0.112. The number of nitrogens with zero attached hydrogens (tertiary/aromatic N) is 3. The number of hydrogen-bond donors (Lipinski definition) is 0. The molecular formula is C12H16ClN3O. The van der Waals surface area contributed by atoms with Gasteiger partial charge in [0.05, 0.1) is 5.56 Å². The molecule has 1 aliphatic heterocycles. The second-order valence-corrected chi connectivity index (χ2v) is 4.90. The van der Waals surface area contributed by atoms with Crippen molar-refractivity contribution in [1.82, 2.24) is 9.97 Å². The standard InChI is InChI=1S/C12H16ClN3O/c1-9-3-2-5-16(6-4-9)12-10(7-17)11(13)14-8-15-12/h7-9H,2-6H2,1H3. The average molecular weight is 254 g/mol. The van der Waals surface area contributed by atoms with E-state index in [0.717, 1.165) is 38.1 Å². The maximum atomic E-state index is 11.0. The van der Waals surface area contributed by atoms with Gasteiger partial charge < -0.3 is 4.90 Å². The Balaban J connectivity index is 2.26. The molecule has 4 nitrogen and oxygen atoms in total. The zero-order valence-electron chi connectivity index (χ0n) is 9.90. The van der Waals surface area contributed by atoms with Crippen molar-refractivity contribution in [1.29, 1.82) is 0 Å². The molecular weight excluding hydrogens is 238 g/mol. The molecule has 1 aromatic heterocycles. The van der Waals surface area contributed by atoms with Crippen LogP contribution >= 0.6 is 11.6 Å². The smallest absolute Gasteiger partial charge is 0.156 e. The van der Waals surface area contributed by atoms with Crippen LogP contribution in [0.3, 0.4) is 0 Å². The molecule has 92 valence electrons. The monoisotopic (exact) mass is 253 g/mol. The van der Waals surface area contributed by atoms with Gasteiger partial charge >= 0.3 is 0 Å². The number of anilines is 1. The van der Waals surface area contributed by atoms with E-state index in [4.69, 9.17) is 11.6 Å². The van der Waals surface area contributed by atoms with Crippen molar-refractivity contribution in [3.05, 3.63) is 17.0 Å². The molecule has 17 heavy (non-hydrogen) atoms. The Morgan fingerprint density at radius 2 is 2.24 bits per heavy atom. The summed E-state index contributed by atoms with van der Waals surface area (Å²) in [4.78, 5) is 21.2. The van der Waals surface area contributed by atoms with Crippen LogP contribution in [0, 0.1) is 5.92 Å². The fraction of sp³-hybridized carbons (Fsp3) is 0.583. The van der Waals surface area contributed by atoms with Gasteiger partial charge in [-0.1, -0.05) is 18.5 Å². The van der Waals surface area contributed by atoms with Crippen LogP contribution in [0.15, 0.2) is 6.33 Å². The molecule has 0 saturated carbocycles. The molecule has 0 N–H and O–H groups in total. The summed E-state index contributed by atoms with van der Waals surface area (Å²) in [5, 5.41) is 0.238. The summed E-state index contributed by atoms with van der Waals surface area (Å²) in [6.07, 6.45) is 5.64. The number of carbonyl (C=O) groups excluding carboxylic acids is 1. The fourth-order valence-electron chi connectivity index (χ4n) is 2.19. The van der Waals surface area contributed by atoms with Gasteiger partial charge in [-0.3, -0.25) is 4.79 Å². The highest BCUT2D eigenvalue weighted by Crippen LogP contribution is 2.25.